The number of amides is 2. The van der Waals surface area contributed by atoms with E-state index in [1.165, 1.54) is 6.42 Å². The number of nitrogens with zero attached hydrogens (tertiary/aromatic N) is 3. The van der Waals surface area contributed by atoms with Crippen molar-refractivity contribution in [3.05, 3.63) is 71.7 Å². The fourth-order valence-corrected chi connectivity index (χ4v) is 8.61. The monoisotopic (exact) mass is 639 g/mol. The highest BCUT2D eigenvalue weighted by Crippen LogP contribution is 2.65. The molecule has 47 heavy (non-hydrogen) atoms. The van der Waals surface area contributed by atoms with Gasteiger partial charge in [-0.25, -0.2) is 4.98 Å². The number of fused-ring (bicyclic) bond motifs is 1. The molecule has 3 aliphatic carbocycles. The Morgan fingerprint density at radius 1 is 1.13 bits per heavy atom. The first-order valence-electron chi connectivity index (χ1n) is 17.0. The van der Waals surface area contributed by atoms with Crippen molar-refractivity contribution in [2.24, 2.45) is 28.3 Å². The van der Waals surface area contributed by atoms with Gasteiger partial charge in [-0.3, -0.25) is 9.59 Å². The first-order valence-corrected chi connectivity index (χ1v) is 17.0. The van der Waals surface area contributed by atoms with Crippen LogP contribution < -0.4 is 10.6 Å². The molecule has 0 spiro atoms. The molecule has 3 saturated carbocycles. The Hall–Kier alpha value is -3.70. The van der Waals surface area contributed by atoms with Gasteiger partial charge in [0.1, 0.15) is 5.65 Å². The van der Waals surface area contributed by atoms with Crippen LogP contribution in [0, 0.1) is 30.1 Å². The van der Waals surface area contributed by atoms with Crippen molar-refractivity contribution >= 4 is 30.3 Å². The number of imidazole rings is 1. The van der Waals surface area contributed by atoms with E-state index in [-0.39, 0.29) is 47.8 Å². The minimum absolute atomic E-state index is 0.0196. The van der Waals surface area contributed by atoms with Crippen molar-refractivity contribution in [2.45, 2.75) is 96.9 Å². The molecule has 2 aromatic heterocycles. The van der Waals surface area contributed by atoms with Gasteiger partial charge in [-0.2, -0.15) is 0 Å². The van der Waals surface area contributed by atoms with Crippen molar-refractivity contribution in [2.75, 3.05) is 6.54 Å². The third kappa shape index (κ3) is 5.65. The maximum Gasteiger partial charge on any atom is 0.481 e. The molecule has 1 unspecified atom stereocenters. The van der Waals surface area contributed by atoms with Gasteiger partial charge < -0.3 is 29.2 Å². The molecule has 4 heterocycles. The number of aromatic nitrogens is 2. The number of carbonyl (C=O) groups is 2. The zero-order valence-electron chi connectivity index (χ0n) is 28.3. The highest BCUT2D eigenvalue weighted by atomic mass is 16.7. The second-order valence-corrected chi connectivity index (χ2v) is 15.4. The minimum Gasteiger partial charge on any atom is -0.404 e. The van der Waals surface area contributed by atoms with E-state index >= 15 is 0 Å². The molecule has 1 saturated heterocycles. The molecule has 2 N–H and O–H groups in total. The Labute approximate surface area is 277 Å². The number of rotatable bonds is 10. The number of hydrogen-bond acceptors (Lipinski definition) is 7. The molecule has 1 aromatic carbocycles. The highest BCUT2D eigenvalue weighted by molar-refractivity contribution is 6.48. The van der Waals surface area contributed by atoms with Gasteiger partial charge in [0.25, 0.3) is 11.8 Å². The molecule has 4 fully saturated rings. The van der Waals surface area contributed by atoms with Crippen LogP contribution in [0.2, 0.25) is 0 Å². The van der Waals surface area contributed by atoms with Crippen molar-refractivity contribution in [1.29, 1.82) is 0 Å². The van der Waals surface area contributed by atoms with Gasteiger partial charge in [-0.05, 0) is 74.0 Å². The summed E-state index contributed by atoms with van der Waals surface area (Å²) >= 11 is 0. The number of pyridine rings is 1. The number of nitrogens with one attached hydrogen (secondary N) is 2. The van der Waals surface area contributed by atoms with Crippen LogP contribution in [0.4, 0.5) is 0 Å². The largest absolute Gasteiger partial charge is 0.481 e. The van der Waals surface area contributed by atoms with E-state index in [1.807, 2.05) is 37.4 Å². The summed E-state index contributed by atoms with van der Waals surface area (Å²) in [5.41, 5.74) is 2.26. The van der Waals surface area contributed by atoms with Gasteiger partial charge in [0.05, 0.1) is 35.5 Å². The highest BCUT2D eigenvalue weighted by Gasteiger charge is 2.68. The van der Waals surface area contributed by atoms with Crippen LogP contribution in [0.1, 0.15) is 81.8 Å². The first kappa shape index (κ1) is 31.9. The SMILES string of the molecule is Cc1cccc(CC2(C(=O)N[C@@H](CC(C)C)B3O[C@@H]4C[C@@H]5C[C@@H](C5(C)C)[C@]4(C)O3)CC(CNC(=O)c3cccn4ccnc34)=NO2)c1. The molecule has 2 aliphatic heterocycles. The molecule has 11 heteroatoms. The Bertz CT molecular complexity index is 1720. The Morgan fingerprint density at radius 3 is 2.72 bits per heavy atom. The molecule has 2 amide bonds. The lowest BCUT2D eigenvalue weighted by Crippen LogP contribution is -2.65. The zero-order chi connectivity index (χ0) is 33.1. The van der Waals surface area contributed by atoms with Crippen LogP contribution in [0.25, 0.3) is 5.65 Å². The molecule has 3 aromatic rings. The summed E-state index contributed by atoms with van der Waals surface area (Å²) in [6.07, 6.45) is 8.73. The van der Waals surface area contributed by atoms with Crippen LogP contribution in [0.15, 0.2) is 60.1 Å². The molecule has 10 nitrogen and oxygen atoms in total. The standard InChI is InChI=1S/C36H46BN5O5/c1-22(2)15-30(37-45-29-18-25-17-28(34(25,4)5)35(29,6)46-37)40-33(44)36(19-24-10-7-9-23(3)16-24)20-26(41-47-36)21-39-32(43)27-11-8-13-42-14-12-38-31(27)42/h7-14,16,22,25,28-30H,15,17-21H2,1-6H3,(H,39,43)(H,40,44)/t25-,28-,29+,30-,35-,36?/m0/s1. The maximum absolute atomic E-state index is 14.5. The Kier molecular flexibility index (Phi) is 7.98. The molecule has 0 radical (unpaired) electrons. The quantitative estimate of drug-likeness (QED) is 0.304. The summed E-state index contributed by atoms with van der Waals surface area (Å²) in [7, 11) is -0.547. The molecular formula is C36H46BN5O5. The fraction of sp³-hybridized carbons (Fsp3) is 0.556. The number of carbonyl (C=O) groups excluding carboxylic acids is 2. The lowest BCUT2D eigenvalue weighted by atomic mass is 9.43. The number of benzene rings is 1. The van der Waals surface area contributed by atoms with E-state index in [9.17, 15) is 9.59 Å². The Balaban J connectivity index is 1.09. The summed E-state index contributed by atoms with van der Waals surface area (Å²) in [6.45, 7) is 13.4. The van der Waals surface area contributed by atoms with Gasteiger partial charge in [0.15, 0.2) is 0 Å². The predicted molar refractivity (Wildman–Crippen MR) is 180 cm³/mol. The second kappa shape index (κ2) is 11.8. The van der Waals surface area contributed by atoms with Crippen LogP contribution in [0.5, 0.6) is 0 Å². The smallest absolute Gasteiger partial charge is 0.404 e. The number of hydrogen-bond donors (Lipinski definition) is 2. The van der Waals surface area contributed by atoms with Crippen molar-refractivity contribution in [1.82, 2.24) is 20.0 Å². The molecule has 6 atom stereocenters. The third-order valence-electron chi connectivity index (χ3n) is 11.3. The van der Waals surface area contributed by atoms with E-state index in [1.54, 1.807) is 22.9 Å². The molecule has 8 rings (SSSR count). The third-order valence-corrected chi connectivity index (χ3v) is 11.3. The summed E-state index contributed by atoms with van der Waals surface area (Å²) in [5, 5.41) is 10.7. The van der Waals surface area contributed by atoms with E-state index in [0.29, 0.717) is 47.5 Å². The number of oxime groups is 1. The average molecular weight is 640 g/mol. The minimum atomic E-state index is -1.29. The lowest BCUT2D eigenvalue weighted by Gasteiger charge is -2.64. The fourth-order valence-electron chi connectivity index (χ4n) is 8.61. The predicted octanol–water partition coefficient (Wildman–Crippen LogP) is 4.93. The maximum atomic E-state index is 14.5. The van der Waals surface area contributed by atoms with Gasteiger partial charge in [-0.1, -0.05) is 62.7 Å². The normalized spacial score (nSPS) is 29.6. The van der Waals surface area contributed by atoms with E-state index in [0.717, 1.165) is 17.5 Å². The Morgan fingerprint density at radius 2 is 1.96 bits per heavy atom. The van der Waals surface area contributed by atoms with Gasteiger partial charge in [0, 0.05) is 31.4 Å². The van der Waals surface area contributed by atoms with Crippen LogP contribution in [-0.4, -0.2) is 63.8 Å². The van der Waals surface area contributed by atoms with Crippen LogP contribution in [-0.2, 0) is 25.4 Å². The molecular weight excluding hydrogens is 593 g/mol. The zero-order valence-corrected chi connectivity index (χ0v) is 28.3. The number of aryl methyl sites for hydroxylation is 1. The second-order valence-electron chi connectivity index (χ2n) is 15.4. The van der Waals surface area contributed by atoms with E-state index in [2.05, 4.69) is 61.5 Å². The molecule has 2 bridgehead atoms. The summed E-state index contributed by atoms with van der Waals surface area (Å²) in [4.78, 5) is 38.1. The first-order chi connectivity index (χ1) is 22.4. The lowest BCUT2D eigenvalue weighted by molar-refractivity contribution is -0.199. The van der Waals surface area contributed by atoms with Crippen LogP contribution >= 0.6 is 0 Å². The van der Waals surface area contributed by atoms with E-state index in [4.69, 9.17) is 14.1 Å². The van der Waals surface area contributed by atoms with Gasteiger partial charge in [-0.15, -0.1) is 0 Å². The summed E-state index contributed by atoms with van der Waals surface area (Å²) in [6, 6.07) is 11.6. The average Bonchev–Trinajstić information content (AvgIpc) is 3.76. The van der Waals surface area contributed by atoms with Crippen molar-refractivity contribution < 1.29 is 23.7 Å². The summed E-state index contributed by atoms with van der Waals surface area (Å²) in [5.74, 6) is 0.479. The van der Waals surface area contributed by atoms with Crippen molar-refractivity contribution in [3.63, 3.8) is 0 Å². The van der Waals surface area contributed by atoms with E-state index < -0.39 is 12.7 Å². The summed E-state index contributed by atoms with van der Waals surface area (Å²) < 4.78 is 15.3. The van der Waals surface area contributed by atoms with Crippen molar-refractivity contribution in [3.8, 4) is 0 Å². The van der Waals surface area contributed by atoms with Gasteiger partial charge >= 0.3 is 7.12 Å². The molecule has 248 valence electrons. The van der Waals surface area contributed by atoms with Gasteiger partial charge in [0.2, 0.25) is 5.60 Å². The molecule has 5 aliphatic rings. The van der Waals surface area contributed by atoms with Crippen LogP contribution in [0.3, 0.4) is 0 Å². The topological polar surface area (TPSA) is 116 Å².